The van der Waals surface area contributed by atoms with Gasteiger partial charge in [-0.2, -0.15) is 13.2 Å². The molecule has 1 nitrogen and oxygen atoms in total. The molecule has 1 fully saturated rings. The van der Waals surface area contributed by atoms with Gasteiger partial charge >= 0.3 is 6.18 Å². The molecule has 0 bridgehead atoms. The zero-order valence-corrected chi connectivity index (χ0v) is 10.9. The first kappa shape index (κ1) is 15.0. The summed E-state index contributed by atoms with van der Waals surface area (Å²) in [5.74, 6) is -3.44. The second kappa shape index (κ2) is 5.94. The molecule has 110 valence electrons. The maximum atomic E-state index is 13.0. The van der Waals surface area contributed by atoms with Gasteiger partial charge in [0.05, 0.1) is 5.92 Å². The number of alkyl halides is 3. The molecule has 2 rings (SSSR count). The minimum absolute atomic E-state index is 0.0169. The summed E-state index contributed by atoms with van der Waals surface area (Å²) in [5, 5.41) is 0. The highest BCUT2D eigenvalue weighted by molar-refractivity contribution is 5.83. The van der Waals surface area contributed by atoms with Crippen molar-refractivity contribution in [2.24, 2.45) is 11.8 Å². The predicted octanol–water partition coefficient (Wildman–Crippen LogP) is 4.31. The van der Waals surface area contributed by atoms with Gasteiger partial charge in [0.2, 0.25) is 0 Å². The van der Waals surface area contributed by atoms with Crippen LogP contribution >= 0.6 is 0 Å². The van der Waals surface area contributed by atoms with Crippen molar-refractivity contribution < 1.29 is 22.4 Å². The van der Waals surface area contributed by atoms with Crippen LogP contribution in [-0.4, -0.2) is 12.0 Å². The third-order valence-electron chi connectivity index (χ3n) is 3.87. The van der Waals surface area contributed by atoms with Gasteiger partial charge in [0, 0.05) is 12.3 Å². The fourth-order valence-electron chi connectivity index (χ4n) is 2.89. The Balaban J connectivity index is 2.10. The molecular formula is C15H16F4O. The molecule has 0 aromatic heterocycles. The molecule has 1 aromatic carbocycles. The molecule has 2 unspecified atom stereocenters. The van der Waals surface area contributed by atoms with Crippen molar-refractivity contribution in [1.29, 1.82) is 0 Å². The van der Waals surface area contributed by atoms with Crippen LogP contribution in [0, 0.1) is 17.7 Å². The number of hydrogen-bond acceptors (Lipinski definition) is 1. The van der Waals surface area contributed by atoms with Gasteiger partial charge in [-0.3, -0.25) is 4.79 Å². The Kier molecular flexibility index (Phi) is 4.45. The zero-order valence-electron chi connectivity index (χ0n) is 10.9. The second-order valence-corrected chi connectivity index (χ2v) is 5.31. The first-order chi connectivity index (χ1) is 9.38. The smallest absolute Gasteiger partial charge is 0.299 e. The summed E-state index contributed by atoms with van der Waals surface area (Å²) in [5.41, 5.74) is 0.432. The summed E-state index contributed by atoms with van der Waals surface area (Å²) in [6.07, 6.45) is -3.01. The molecule has 1 saturated carbocycles. The van der Waals surface area contributed by atoms with Gasteiger partial charge in [0.25, 0.3) is 0 Å². The van der Waals surface area contributed by atoms with E-state index in [1.165, 1.54) is 18.2 Å². The fourth-order valence-corrected chi connectivity index (χ4v) is 2.89. The summed E-state index contributed by atoms with van der Waals surface area (Å²) in [6.45, 7) is 0. The van der Waals surface area contributed by atoms with Crippen LogP contribution in [0.15, 0.2) is 24.3 Å². The van der Waals surface area contributed by atoms with E-state index in [9.17, 15) is 22.4 Å². The van der Waals surface area contributed by atoms with Gasteiger partial charge in [0.15, 0.2) is 0 Å². The normalized spacial score (nSPS) is 23.6. The van der Waals surface area contributed by atoms with Crippen LogP contribution in [0.3, 0.4) is 0 Å². The number of halogens is 4. The van der Waals surface area contributed by atoms with Crippen molar-refractivity contribution in [1.82, 2.24) is 0 Å². The number of carbonyl (C=O) groups excluding carboxylic acids is 1. The van der Waals surface area contributed by atoms with Crippen LogP contribution in [0.1, 0.15) is 31.2 Å². The number of hydrogen-bond donors (Lipinski definition) is 0. The molecular weight excluding hydrogens is 272 g/mol. The average Bonchev–Trinajstić information content (AvgIpc) is 2.37. The summed E-state index contributed by atoms with van der Waals surface area (Å²) in [7, 11) is 0. The molecule has 0 N–H and O–H groups in total. The summed E-state index contributed by atoms with van der Waals surface area (Å²) in [4.78, 5) is 12.1. The molecule has 0 spiro atoms. The van der Waals surface area contributed by atoms with Crippen LogP contribution < -0.4 is 0 Å². The van der Waals surface area contributed by atoms with E-state index in [0.29, 0.717) is 18.4 Å². The van der Waals surface area contributed by atoms with Crippen LogP contribution in [0.5, 0.6) is 0 Å². The van der Waals surface area contributed by atoms with Crippen LogP contribution in [-0.2, 0) is 11.2 Å². The number of Topliss-reactive ketones (excluding diaryl/α,β-unsaturated/α-hetero) is 1. The van der Waals surface area contributed by atoms with Crippen molar-refractivity contribution in [2.45, 2.75) is 38.3 Å². The van der Waals surface area contributed by atoms with E-state index >= 15 is 0 Å². The maximum Gasteiger partial charge on any atom is 0.392 e. The Morgan fingerprint density at radius 1 is 1.20 bits per heavy atom. The Morgan fingerprint density at radius 2 is 1.90 bits per heavy atom. The highest BCUT2D eigenvalue weighted by atomic mass is 19.4. The molecule has 1 aromatic rings. The number of rotatable bonds is 3. The lowest BCUT2D eigenvalue weighted by atomic mass is 9.75. The molecule has 0 amide bonds. The predicted molar refractivity (Wildman–Crippen MR) is 66.6 cm³/mol. The summed E-state index contributed by atoms with van der Waals surface area (Å²) < 4.78 is 51.9. The first-order valence-corrected chi connectivity index (χ1v) is 6.72. The van der Waals surface area contributed by atoms with Gasteiger partial charge < -0.3 is 0 Å². The summed E-state index contributed by atoms with van der Waals surface area (Å²) in [6, 6.07) is 5.46. The minimum Gasteiger partial charge on any atom is -0.299 e. The Labute approximate surface area is 115 Å². The lowest BCUT2D eigenvalue weighted by Gasteiger charge is -2.32. The molecule has 0 saturated heterocycles. The molecule has 2 atom stereocenters. The molecule has 5 heteroatoms. The van der Waals surface area contributed by atoms with Crippen LogP contribution in [0.2, 0.25) is 0 Å². The van der Waals surface area contributed by atoms with Crippen molar-refractivity contribution >= 4 is 5.78 Å². The summed E-state index contributed by atoms with van der Waals surface area (Å²) >= 11 is 0. The lowest BCUT2D eigenvalue weighted by Crippen LogP contribution is -2.37. The largest absolute Gasteiger partial charge is 0.392 e. The standard InChI is InChI=1S/C15H16F4O/c16-11-5-3-4-10(8-11)9-14(20)12-6-1-2-7-13(12)15(17,18)19/h3-5,8,12-13H,1-2,6-7,9H2. The SMILES string of the molecule is O=C(Cc1cccc(F)c1)C1CCCCC1C(F)(F)F. The Hall–Kier alpha value is -1.39. The van der Waals surface area contributed by atoms with Crippen molar-refractivity contribution in [3.8, 4) is 0 Å². The van der Waals surface area contributed by atoms with Crippen LogP contribution in [0.4, 0.5) is 17.6 Å². The molecule has 0 radical (unpaired) electrons. The highest BCUT2D eigenvalue weighted by Crippen LogP contribution is 2.42. The van der Waals surface area contributed by atoms with E-state index in [0.717, 1.165) is 0 Å². The number of benzene rings is 1. The second-order valence-electron chi connectivity index (χ2n) is 5.31. The molecule has 20 heavy (non-hydrogen) atoms. The van der Waals surface area contributed by atoms with E-state index in [1.54, 1.807) is 6.07 Å². The van der Waals surface area contributed by atoms with Gasteiger partial charge in [0.1, 0.15) is 11.6 Å². The van der Waals surface area contributed by atoms with E-state index in [4.69, 9.17) is 0 Å². The van der Waals surface area contributed by atoms with E-state index in [-0.39, 0.29) is 19.3 Å². The van der Waals surface area contributed by atoms with E-state index in [1.807, 2.05) is 0 Å². The van der Waals surface area contributed by atoms with Crippen molar-refractivity contribution in [3.63, 3.8) is 0 Å². The van der Waals surface area contributed by atoms with Crippen molar-refractivity contribution in [2.75, 3.05) is 0 Å². The van der Waals surface area contributed by atoms with Gasteiger partial charge in [-0.1, -0.05) is 25.0 Å². The van der Waals surface area contributed by atoms with Crippen molar-refractivity contribution in [3.05, 3.63) is 35.6 Å². The van der Waals surface area contributed by atoms with Crippen LogP contribution in [0.25, 0.3) is 0 Å². The number of ketones is 1. The zero-order chi connectivity index (χ0) is 14.8. The Bertz CT molecular complexity index is 481. The average molecular weight is 288 g/mol. The first-order valence-electron chi connectivity index (χ1n) is 6.72. The highest BCUT2D eigenvalue weighted by Gasteiger charge is 2.47. The fraction of sp³-hybridized carbons (Fsp3) is 0.533. The van der Waals surface area contributed by atoms with Gasteiger partial charge in [-0.25, -0.2) is 4.39 Å². The van der Waals surface area contributed by atoms with Gasteiger partial charge in [-0.05, 0) is 30.5 Å². The van der Waals surface area contributed by atoms with E-state index < -0.39 is 29.6 Å². The Morgan fingerprint density at radius 3 is 2.55 bits per heavy atom. The maximum absolute atomic E-state index is 13.0. The third-order valence-corrected chi connectivity index (χ3v) is 3.87. The van der Waals surface area contributed by atoms with Gasteiger partial charge in [-0.15, -0.1) is 0 Å². The topological polar surface area (TPSA) is 17.1 Å². The quantitative estimate of drug-likeness (QED) is 0.758. The number of carbonyl (C=O) groups is 1. The molecule has 1 aliphatic rings. The monoisotopic (exact) mass is 288 g/mol. The third kappa shape index (κ3) is 3.58. The lowest BCUT2D eigenvalue weighted by molar-refractivity contribution is -0.197. The molecule has 0 aliphatic heterocycles. The molecule has 0 heterocycles. The molecule has 1 aliphatic carbocycles. The minimum atomic E-state index is -4.33. The van der Waals surface area contributed by atoms with E-state index in [2.05, 4.69) is 0 Å².